The van der Waals surface area contributed by atoms with E-state index in [0.717, 1.165) is 23.5 Å². The maximum absolute atomic E-state index is 2.41. The second-order valence-corrected chi connectivity index (χ2v) is 16.4. The first-order chi connectivity index (χ1) is 28.7. The highest BCUT2D eigenvalue weighted by Gasteiger charge is 2.21. The van der Waals surface area contributed by atoms with Crippen molar-refractivity contribution >= 4 is 70.4 Å². The van der Waals surface area contributed by atoms with Crippen molar-refractivity contribution < 1.29 is 0 Å². The molecule has 1 aliphatic carbocycles. The third-order valence-corrected chi connectivity index (χ3v) is 13.2. The average molecular weight is 757 g/mol. The van der Waals surface area contributed by atoms with Crippen LogP contribution >= 0.6 is 11.3 Å². The number of thiophene rings is 1. The molecule has 12 rings (SSSR count). The highest BCUT2D eigenvalue weighted by atomic mass is 32.1. The molecule has 0 unspecified atom stereocenters. The Bertz CT molecular complexity index is 3350. The van der Waals surface area contributed by atoms with Crippen molar-refractivity contribution in [2.75, 3.05) is 4.90 Å². The van der Waals surface area contributed by atoms with Gasteiger partial charge in [-0.05, 0) is 124 Å². The number of aromatic nitrogens is 1. The summed E-state index contributed by atoms with van der Waals surface area (Å²) < 4.78 is 5.05. The van der Waals surface area contributed by atoms with Crippen LogP contribution in [-0.4, -0.2) is 4.57 Å². The van der Waals surface area contributed by atoms with E-state index in [1.165, 1.54) is 92.2 Å². The lowest BCUT2D eigenvalue weighted by Crippen LogP contribution is -2.10. The van der Waals surface area contributed by atoms with E-state index in [0.29, 0.717) is 0 Å². The summed E-state index contributed by atoms with van der Waals surface area (Å²) in [6.07, 6.45) is 0.952. The lowest BCUT2D eigenvalue weighted by atomic mass is 10.0. The van der Waals surface area contributed by atoms with Crippen LogP contribution in [0.15, 0.2) is 206 Å². The van der Waals surface area contributed by atoms with Crippen molar-refractivity contribution in [1.29, 1.82) is 0 Å². The minimum atomic E-state index is 0.952. The van der Waals surface area contributed by atoms with E-state index in [9.17, 15) is 0 Å². The van der Waals surface area contributed by atoms with Crippen molar-refractivity contribution in [3.8, 4) is 39.1 Å². The highest BCUT2D eigenvalue weighted by Crippen LogP contribution is 2.43. The molecular weight excluding hydrogens is 721 g/mol. The van der Waals surface area contributed by atoms with Gasteiger partial charge in [0.15, 0.2) is 0 Å². The molecule has 2 aromatic heterocycles. The zero-order chi connectivity index (χ0) is 38.2. The lowest BCUT2D eigenvalue weighted by Gasteiger charge is -2.26. The molecule has 2 heterocycles. The Labute approximate surface area is 341 Å². The summed E-state index contributed by atoms with van der Waals surface area (Å²) in [7, 11) is 0. The van der Waals surface area contributed by atoms with Gasteiger partial charge in [-0.15, -0.1) is 11.3 Å². The molecule has 2 nitrogen and oxygen atoms in total. The fourth-order valence-corrected chi connectivity index (χ4v) is 10.4. The first-order valence-corrected chi connectivity index (χ1v) is 20.8. The monoisotopic (exact) mass is 756 g/mol. The van der Waals surface area contributed by atoms with Gasteiger partial charge in [0.1, 0.15) is 0 Å². The number of anilines is 3. The zero-order valence-corrected chi connectivity index (χ0v) is 32.5. The van der Waals surface area contributed by atoms with Crippen molar-refractivity contribution in [3.63, 3.8) is 0 Å². The molecular formula is C55H36N2S. The van der Waals surface area contributed by atoms with Gasteiger partial charge in [0, 0.05) is 53.7 Å². The smallest absolute Gasteiger partial charge is 0.0547 e. The maximum Gasteiger partial charge on any atom is 0.0547 e. The minimum Gasteiger partial charge on any atom is -0.310 e. The van der Waals surface area contributed by atoms with Crippen LogP contribution in [0.4, 0.5) is 17.1 Å². The van der Waals surface area contributed by atoms with Gasteiger partial charge in [0.2, 0.25) is 0 Å². The Morgan fingerprint density at radius 1 is 0.362 bits per heavy atom. The fraction of sp³-hybridized carbons (Fsp3) is 0.0182. The predicted molar refractivity (Wildman–Crippen MR) is 247 cm³/mol. The van der Waals surface area contributed by atoms with Crippen molar-refractivity contribution in [2.24, 2.45) is 0 Å². The van der Waals surface area contributed by atoms with Crippen LogP contribution in [0, 0.1) is 0 Å². The van der Waals surface area contributed by atoms with Gasteiger partial charge in [0.25, 0.3) is 0 Å². The molecule has 9 aromatic carbocycles. The van der Waals surface area contributed by atoms with E-state index in [4.69, 9.17) is 0 Å². The Kier molecular flexibility index (Phi) is 7.51. The Morgan fingerprint density at radius 3 is 1.72 bits per heavy atom. The predicted octanol–water partition coefficient (Wildman–Crippen LogP) is 15.5. The molecule has 11 aromatic rings. The number of rotatable bonds is 6. The third kappa shape index (κ3) is 5.32. The summed E-state index contributed by atoms with van der Waals surface area (Å²) in [6, 6.07) is 75.9. The Morgan fingerprint density at radius 2 is 0.931 bits per heavy atom. The molecule has 0 aliphatic heterocycles. The van der Waals surface area contributed by atoms with Gasteiger partial charge in [0.05, 0.1) is 11.0 Å². The molecule has 0 saturated heterocycles. The summed E-state index contributed by atoms with van der Waals surface area (Å²) >= 11 is 1.87. The zero-order valence-electron chi connectivity index (χ0n) is 31.6. The molecule has 58 heavy (non-hydrogen) atoms. The van der Waals surface area contributed by atoms with Gasteiger partial charge in [-0.1, -0.05) is 133 Å². The fourth-order valence-electron chi connectivity index (χ4n) is 9.23. The SMILES string of the molecule is c1ccc(-n2c3ccccc3c3ccc(-c4ccc(N(c5ccc(-c6ccc7c(c6)sc6ccccc67)cc5)c5ccc6c(c5)Cc5ccccc5-6)cc4)cc32)cc1. The van der Waals surface area contributed by atoms with Crippen LogP contribution in [0.1, 0.15) is 11.1 Å². The highest BCUT2D eigenvalue weighted by molar-refractivity contribution is 7.25. The van der Waals surface area contributed by atoms with Crippen molar-refractivity contribution in [3.05, 3.63) is 217 Å². The Balaban J connectivity index is 0.939. The molecule has 0 radical (unpaired) electrons. The summed E-state index contributed by atoms with van der Waals surface area (Å²) in [5.74, 6) is 0. The number of benzene rings is 9. The van der Waals surface area contributed by atoms with Crippen LogP contribution in [-0.2, 0) is 6.42 Å². The summed E-state index contributed by atoms with van der Waals surface area (Å²) in [5, 5.41) is 5.19. The summed E-state index contributed by atoms with van der Waals surface area (Å²) in [5.41, 5.74) is 17.3. The average Bonchev–Trinajstić information content (AvgIpc) is 3.96. The third-order valence-electron chi connectivity index (χ3n) is 12.0. The largest absolute Gasteiger partial charge is 0.310 e. The molecule has 0 bridgehead atoms. The minimum absolute atomic E-state index is 0.952. The molecule has 0 fully saturated rings. The molecule has 0 amide bonds. The van der Waals surface area contributed by atoms with Gasteiger partial charge in [-0.25, -0.2) is 0 Å². The first kappa shape index (κ1) is 33.0. The summed E-state index contributed by atoms with van der Waals surface area (Å²) in [6.45, 7) is 0. The second-order valence-electron chi connectivity index (χ2n) is 15.3. The van der Waals surface area contributed by atoms with Gasteiger partial charge >= 0.3 is 0 Å². The van der Waals surface area contributed by atoms with Crippen LogP contribution < -0.4 is 4.90 Å². The molecule has 0 saturated carbocycles. The molecule has 1 aliphatic rings. The number of para-hydroxylation sites is 2. The van der Waals surface area contributed by atoms with Crippen LogP contribution in [0.2, 0.25) is 0 Å². The Hall–Kier alpha value is -7.20. The second kappa shape index (κ2) is 13.2. The first-order valence-electron chi connectivity index (χ1n) is 20.0. The molecule has 272 valence electrons. The standard InChI is InChI=1S/C55H36N2S/c1-2-11-42(12-3-1)57-52-16-8-6-14-48(52)49-29-22-38(34-53(49)57)36-18-24-43(25-19-36)56(45-28-31-47-41(33-45)32-40-10-4-5-13-46(40)47)44-26-20-37(21-27-44)39-23-30-51-50-15-7-9-17-54(50)58-55(51)35-39/h1-31,33-35H,32H2. The summed E-state index contributed by atoms with van der Waals surface area (Å²) in [4.78, 5) is 2.41. The van der Waals surface area contributed by atoms with Gasteiger partial charge in [-0.3, -0.25) is 0 Å². The van der Waals surface area contributed by atoms with E-state index >= 15 is 0 Å². The topological polar surface area (TPSA) is 8.17 Å². The van der Waals surface area contributed by atoms with E-state index in [1.54, 1.807) is 0 Å². The van der Waals surface area contributed by atoms with E-state index in [-0.39, 0.29) is 0 Å². The van der Waals surface area contributed by atoms with E-state index in [2.05, 4.69) is 216 Å². The van der Waals surface area contributed by atoms with Gasteiger partial charge in [-0.2, -0.15) is 0 Å². The van der Waals surface area contributed by atoms with Crippen LogP contribution in [0.5, 0.6) is 0 Å². The number of hydrogen-bond donors (Lipinski definition) is 0. The van der Waals surface area contributed by atoms with E-state index < -0.39 is 0 Å². The normalized spacial score (nSPS) is 12.1. The quantitative estimate of drug-likeness (QED) is 0.164. The number of fused-ring (bicyclic) bond motifs is 9. The molecule has 0 atom stereocenters. The van der Waals surface area contributed by atoms with Crippen LogP contribution in [0.25, 0.3) is 81.0 Å². The van der Waals surface area contributed by atoms with Gasteiger partial charge < -0.3 is 9.47 Å². The van der Waals surface area contributed by atoms with Crippen molar-refractivity contribution in [2.45, 2.75) is 6.42 Å². The molecule has 0 spiro atoms. The molecule has 0 N–H and O–H groups in total. The maximum atomic E-state index is 2.41. The van der Waals surface area contributed by atoms with Crippen molar-refractivity contribution in [1.82, 2.24) is 4.57 Å². The van der Waals surface area contributed by atoms with E-state index in [1.807, 2.05) is 11.3 Å². The number of hydrogen-bond acceptors (Lipinski definition) is 2. The van der Waals surface area contributed by atoms with Crippen LogP contribution in [0.3, 0.4) is 0 Å². The number of nitrogens with zero attached hydrogens (tertiary/aromatic N) is 2. The molecule has 3 heteroatoms. The lowest BCUT2D eigenvalue weighted by molar-refractivity contribution is 1.18.